The molecule has 1 aromatic heterocycles. The van der Waals surface area contributed by atoms with Gasteiger partial charge in [0.2, 0.25) is 0 Å². The average Bonchev–Trinajstić information content (AvgIpc) is 2.52. The molecule has 1 heterocycles. The highest BCUT2D eigenvalue weighted by Gasteiger charge is 2.15. The largest absolute Gasteiger partial charge is 0.330 e. The summed E-state index contributed by atoms with van der Waals surface area (Å²) >= 11 is 0. The van der Waals surface area contributed by atoms with E-state index in [0.29, 0.717) is 18.7 Å². The van der Waals surface area contributed by atoms with Crippen molar-refractivity contribution in [3.05, 3.63) is 18.0 Å². The van der Waals surface area contributed by atoms with Crippen molar-refractivity contribution in [2.75, 3.05) is 6.54 Å². The third-order valence-electron chi connectivity index (χ3n) is 1.93. The fourth-order valence-corrected chi connectivity index (χ4v) is 1.30. The van der Waals surface area contributed by atoms with E-state index in [1.807, 2.05) is 13.8 Å². The molecule has 0 aliphatic heterocycles. The van der Waals surface area contributed by atoms with E-state index in [2.05, 4.69) is 5.10 Å². The zero-order chi connectivity index (χ0) is 9.84. The van der Waals surface area contributed by atoms with Crippen molar-refractivity contribution in [2.45, 2.75) is 32.5 Å². The lowest BCUT2D eigenvalue weighted by atomic mass is 10.2. The van der Waals surface area contributed by atoms with Crippen molar-refractivity contribution in [2.24, 2.45) is 5.73 Å². The molecule has 4 heteroatoms. The lowest BCUT2D eigenvalue weighted by Crippen LogP contribution is -2.11. The molecule has 0 aliphatic carbocycles. The molecular formula is C9H16FN3. The molecule has 3 nitrogen and oxygen atoms in total. The summed E-state index contributed by atoms with van der Waals surface area (Å²) < 4.78 is 15.1. The summed E-state index contributed by atoms with van der Waals surface area (Å²) in [6, 6.07) is 1.90. The topological polar surface area (TPSA) is 43.8 Å². The van der Waals surface area contributed by atoms with Gasteiger partial charge in [-0.15, -0.1) is 0 Å². The van der Waals surface area contributed by atoms with E-state index in [4.69, 9.17) is 5.73 Å². The minimum Gasteiger partial charge on any atom is -0.330 e. The second-order valence-corrected chi connectivity index (χ2v) is 3.34. The normalized spacial score (nSPS) is 13.6. The van der Waals surface area contributed by atoms with E-state index in [9.17, 15) is 4.39 Å². The van der Waals surface area contributed by atoms with Crippen LogP contribution in [-0.4, -0.2) is 16.3 Å². The number of hydrogen-bond acceptors (Lipinski definition) is 2. The van der Waals surface area contributed by atoms with Crippen LogP contribution >= 0.6 is 0 Å². The third-order valence-corrected chi connectivity index (χ3v) is 1.93. The van der Waals surface area contributed by atoms with Crippen LogP contribution in [0.1, 0.15) is 38.2 Å². The number of halogens is 1. The van der Waals surface area contributed by atoms with Crippen LogP contribution in [0.2, 0.25) is 0 Å². The number of alkyl halides is 1. The van der Waals surface area contributed by atoms with Gasteiger partial charge in [-0.3, -0.25) is 4.68 Å². The van der Waals surface area contributed by atoms with Crippen LogP contribution in [0.4, 0.5) is 4.39 Å². The van der Waals surface area contributed by atoms with Gasteiger partial charge in [0, 0.05) is 12.2 Å². The Balaban J connectivity index is 2.80. The summed E-state index contributed by atoms with van der Waals surface area (Å²) in [6.07, 6.45) is 0.992. The first-order valence-electron chi connectivity index (χ1n) is 4.54. The van der Waals surface area contributed by atoms with Gasteiger partial charge in [-0.05, 0) is 32.9 Å². The van der Waals surface area contributed by atoms with Crippen molar-refractivity contribution in [3.63, 3.8) is 0 Å². The molecule has 0 saturated heterocycles. The molecule has 0 bridgehead atoms. The predicted octanol–water partition coefficient (Wildman–Crippen LogP) is 1.82. The van der Waals surface area contributed by atoms with E-state index in [-0.39, 0.29) is 6.04 Å². The van der Waals surface area contributed by atoms with Gasteiger partial charge in [0.15, 0.2) is 0 Å². The molecule has 1 atom stereocenters. The highest BCUT2D eigenvalue weighted by molar-refractivity contribution is 5.05. The fraction of sp³-hybridized carbons (Fsp3) is 0.667. The quantitative estimate of drug-likeness (QED) is 0.777. The summed E-state index contributed by atoms with van der Waals surface area (Å²) in [6.45, 7) is 4.32. The molecule has 0 spiro atoms. The lowest BCUT2D eigenvalue weighted by molar-refractivity contribution is 0.299. The lowest BCUT2D eigenvalue weighted by Gasteiger charge is -2.13. The second-order valence-electron chi connectivity index (χ2n) is 3.34. The first-order valence-corrected chi connectivity index (χ1v) is 4.54. The van der Waals surface area contributed by atoms with Crippen LogP contribution in [0, 0.1) is 0 Å². The fourth-order valence-electron chi connectivity index (χ4n) is 1.30. The van der Waals surface area contributed by atoms with Crippen molar-refractivity contribution in [3.8, 4) is 0 Å². The van der Waals surface area contributed by atoms with Crippen LogP contribution in [0.25, 0.3) is 0 Å². The van der Waals surface area contributed by atoms with Crippen LogP contribution in [0.5, 0.6) is 0 Å². The Morgan fingerprint density at radius 2 is 2.31 bits per heavy atom. The highest BCUT2D eigenvalue weighted by atomic mass is 19.1. The monoisotopic (exact) mass is 185 g/mol. The molecule has 0 radical (unpaired) electrons. The van der Waals surface area contributed by atoms with Crippen LogP contribution < -0.4 is 5.73 Å². The molecular weight excluding hydrogens is 169 g/mol. The van der Waals surface area contributed by atoms with Gasteiger partial charge in [0.05, 0.1) is 5.69 Å². The molecule has 13 heavy (non-hydrogen) atoms. The van der Waals surface area contributed by atoms with Gasteiger partial charge in [-0.1, -0.05) is 0 Å². The zero-order valence-electron chi connectivity index (χ0n) is 8.07. The first-order chi connectivity index (χ1) is 6.16. The predicted molar refractivity (Wildman–Crippen MR) is 50.1 cm³/mol. The number of aromatic nitrogens is 2. The molecule has 2 N–H and O–H groups in total. The maximum Gasteiger partial charge on any atom is 0.143 e. The molecule has 1 unspecified atom stereocenters. The van der Waals surface area contributed by atoms with Gasteiger partial charge in [0.25, 0.3) is 0 Å². The van der Waals surface area contributed by atoms with Crippen LogP contribution in [0.15, 0.2) is 12.3 Å². The Labute approximate surface area is 77.7 Å². The molecule has 1 aromatic rings. The first kappa shape index (κ1) is 10.2. The average molecular weight is 185 g/mol. The number of rotatable bonds is 4. The molecule has 0 aliphatic rings. The summed E-state index contributed by atoms with van der Waals surface area (Å²) in [7, 11) is 0. The maximum atomic E-state index is 13.4. The number of hydrogen-bond donors (Lipinski definition) is 1. The van der Waals surface area contributed by atoms with Gasteiger partial charge in [-0.25, -0.2) is 4.39 Å². The minimum absolute atomic E-state index is 0.195. The van der Waals surface area contributed by atoms with Crippen molar-refractivity contribution < 1.29 is 4.39 Å². The van der Waals surface area contributed by atoms with Crippen molar-refractivity contribution in [1.82, 2.24) is 9.78 Å². The SMILES string of the molecule is CC(C)n1nccc1C(F)CCN. The Bertz CT molecular complexity index is 257. The highest BCUT2D eigenvalue weighted by Crippen LogP contribution is 2.22. The Hall–Kier alpha value is -0.900. The van der Waals surface area contributed by atoms with Gasteiger partial charge in [0.1, 0.15) is 6.17 Å². The van der Waals surface area contributed by atoms with E-state index >= 15 is 0 Å². The molecule has 0 fully saturated rings. The Kier molecular flexibility index (Phi) is 3.42. The number of nitrogens with zero attached hydrogens (tertiary/aromatic N) is 2. The van der Waals surface area contributed by atoms with Crippen LogP contribution in [-0.2, 0) is 0 Å². The summed E-state index contributed by atoms with van der Waals surface area (Å²) in [5.74, 6) is 0. The maximum absolute atomic E-state index is 13.4. The minimum atomic E-state index is -0.991. The third kappa shape index (κ3) is 2.28. The molecule has 0 amide bonds. The second kappa shape index (κ2) is 4.37. The Morgan fingerprint density at radius 3 is 2.85 bits per heavy atom. The van der Waals surface area contributed by atoms with Gasteiger partial charge < -0.3 is 5.73 Å². The standard InChI is InChI=1S/C9H16FN3/c1-7(2)13-9(4-6-12-13)8(10)3-5-11/h4,6-8H,3,5,11H2,1-2H3. The van der Waals surface area contributed by atoms with E-state index in [1.54, 1.807) is 16.9 Å². The summed E-state index contributed by atoms with van der Waals surface area (Å²) in [5, 5.41) is 4.05. The van der Waals surface area contributed by atoms with Crippen molar-refractivity contribution in [1.29, 1.82) is 0 Å². The summed E-state index contributed by atoms with van der Waals surface area (Å²) in [4.78, 5) is 0. The van der Waals surface area contributed by atoms with E-state index < -0.39 is 6.17 Å². The van der Waals surface area contributed by atoms with Crippen LogP contribution in [0.3, 0.4) is 0 Å². The van der Waals surface area contributed by atoms with E-state index in [1.165, 1.54) is 0 Å². The number of nitrogens with two attached hydrogens (primary N) is 1. The molecule has 74 valence electrons. The molecule has 0 aromatic carbocycles. The zero-order valence-corrected chi connectivity index (χ0v) is 8.07. The van der Waals surface area contributed by atoms with Gasteiger partial charge in [-0.2, -0.15) is 5.10 Å². The van der Waals surface area contributed by atoms with E-state index in [0.717, 1.165) is 0 Å². The van der Waals surface area contributed by atoms with Gasteiger partial charge >= 0.3 is 0 Å². The molecule has 1 rings (SSSR count). The Morgan fingerprint density at radius 1 is 1.62 bits per heavy atom. The molecule has 0 saturated carbocycles. The smallest absolute Gasteiger partial charge is 0.143 e. The van der Waals surface area contributed by atoms with Crippen molar-refractivity contribution >= 4 is 0 Å². The summed E-state index contributed by atoms with van der Waals surface area (Å²) in [5.41, 5.74) is 5.92.